The summed E-state index contributed by atoms with van der Waals surface area (Å²) in [5.41, 5.74) is -0.315. The monoisotopic (exact) mass is 215 g/mol. The van der Waals surface area contributed by atoms with Gasteiger partial charge >= 0.3 is 6.18 Å². The Labute approximate surface area is 81.4 Å². The number of rotatable bonds is 1. The number of carbonyl (C=O) groups is 1. The summed E-state index contributed by atoms with van der Waals surface area (Å²) >= 11 is 0. The molecule has 0 spiro atoms. The number of halogens is 3. The zero-order valence-corrected chi connectivity index (χ0v) is 7.19. The maximum absolute atomic E-state index is 12.1. The van der Waals surface area contributed by atoms with Crippen molar-refractivity contribution < 1.29 is 18.0 Å². The Hall–Kier alpha value is -1.92. The average molecular weight is 215 g/mol. The number of fused-ring (bicyclic) bond motifs is 1. The summed E-state index contributed by atoms with van der Waals surface area (Å²) in [6.45, 7) is 0. The van der Waals surface area contributed by atoms with Crippen LogP contribution < -0.4 is 0 Å². The van der Waals surface area contributed by atoms with Crippen molar-refractivity contribution in [3.05, 3.63) is 30.5 Å². The van der Waals surface area contributed by atoms with Gasteiger partial charge in [0.1, 0.15) is 5.69 Å². The number of carbonyl (C=O) groups excluding carboxylic acids is 1. The largest absolute Gasteiger partial charge is 0.456 e. The maximum atomic E-state index is 12.1. The van der Waals surface area contributed by atoms with Gasteiger partial charge < -0.3 is 0 Å². The van der Waals surface area contributed by atoms with Gasteiger partial charge in [-0.25, -0.2) is 4.98 Å². The van der Waals surface area contributed by atoms with E-state index in [0.717, 1.165) is 10.6 Å². The van der Waals surface area contributed by atoms with E-state index in [1.165, 1.54) is 18.6 Å². The molecule has 0 saturated carbocycles. The molecule has 2 aromatic rings. The Morgan fingerprint density at radius 2 is 2.07 bits per heavy atom. The number of alkyl halides is 3. The van der Waals surface area contributed by atoms with Gasteiger partial charge in [-0.05, 0) is 0 Å². The normalized spacial score (nSPS) is 11.9. The van der Waals surface area contributed by atoms with Gasteiger partial charge in [-0.2, -0.15) is 13.2 Å². The van der Waals surface area contributed by atoms with Crippen molar-refractivity contribution in [2.45, 2.75) is 6.18 Å². The van der Waals surface area contributed by atoms with Crippen LogP contribution in [0.5, 0.6) is 0 Å². The standard InChI is InChI=1S/C8H4F3N3O/c9-8(10,11)7(15)5-3-13-6-4-12-1-2-14(5)6/h1-4H. The molecular formula is C8H4F3N3O. The Kier molecular flexibility index (Phi) is 1.95. The second kappa shape index (κ2) is 3.04. The van der Waals surface area contributed by atoms with Crippen LogP contribution in [0, 0.1) is 0 Å². The molecule has 0 unspecified atom stereocenters. The summed E-state index contributed by atoms with van der Waals surface area (Å²) in [5.74, 6) is -1.92. The zero-order chi connectivity index (χ0) is 11.1. The first-order valence-electron chi connectivity index (χ1n) is 3.89. The van der Waals surface area contributed by atoms with Crippen LogP contribution in [-0.2, 0) is 0 Å². The van der Waals surface area contributed by atoms with Gasteiger partial charge in [-0.15, -0.1) is 0 Å². The highest BCUT2D eigenvalue weighted by Crippen LogP contribution is 2.21. The first-order valence-corrected chi connectivity index (χ1v) is 3.89. The van der Waals surface area contributed by atoms with Gasteiger partial charge in [0.05, 0.1) is 12.4 Å². The molecule has 0 bridgehead atoms. The summed E-state index contributed by atoms with van der Waals surface area (Å²) in [7, 11) is 0. The minimum atomic E-state index is -4.89. The second-order valence-corrected chi connectivity index (χ2v) is 2.77. The van der Waals surface area contributed by atoms with Crippen molar-refractivity contribution >= 4 is 11.4 Å². The number of imidazole rings is 1. The SMILES string of the molecule is O=C(c1cnc2cnccn12)C(F)(F)F. The topological polar surface area (TPSA) is 47.3 Å². The van der Waals surface area contributed by atoms with Crippen LogP contribution in [0.2, 0.25) is 0 Å². The van der Waals surface area contributed by atoms with Gasteiger partial charge in [-0.1, -0.05) is 0 Å². The number of Topliss-reactive ketones (excluding diaryl/α,β-unsaturated/α-hetero) is 1. The number of hydrogen-bond acceptors (Lipinski definition) is 3. The van der Waals surface area contributed by atoms with E-state index in [1.807, 2.05) is 0 Å². The van der Waals surface area contributed by atoms with Crippen LogP contribution in [0.1, 0.15) is 10.5 Å². The van der Waals surface area contributed by atoms with Crippen LogP contribution >= 0.6 is 0 Å². The summed E-state index contributed by atoms with van der Waals surface area (Å²) < 4.78 is 37.4. The van der Waals surface area contributed by atoms with Crippen molar-refractivity contribution in [3.8, 4) is 0 Å². The van der Waals surface area contributed by atoms with Crippen molar-refractivity contribution in [1.82, 2.24) is 14.4 Å². The van der Waals surface area contributed by atoms with Gasteiger partial charge in [0, 0.05) is 12.4 Å². The maximum Gasteiger partial charge on any atom is 0.456 e. The minimum Gasteiger partial charge on any atom is -0.294 e. The fraction of sp³-hybridized carbons (Fsp3) is 0.125. The lowest BCUT2D eigenvalue weighted by Crippen LogP contribution is -2.24. The summed E-state index contributed by atoms with van der Waals surface area (Å²) in [6.07, 6.45) is -0.206. The van der Waals surface area contributed by atoms with Crippen LogP contribution in [-0.4, -0.2) is 26.3 Å². The van der Waals surface area contributed by atoms with Crippen molar-refractivity contribution in [1.29, 1.82) is 0 Å². The number of hydrogen-bond donors (Lipinski definition) is 0. The van der Waals surface area contributed by atoms with Crippen LogP contribution in [0.4, 0.5) is 13.2 Å². The smallest absolute Gasteiger partial charge is 0.294 e. The molecule has 0 saturated heterocycles. The fourth-order valence-electron chi connectivity index (χ4n) is 1.16. The lowest BCUT2D eigenvalue weighted by atomic mass is 10.3. The van der Waals surface area contributed by atoms with Crippen LogP contribution in [0.15, 0.2) is 24.8 Å². The number of aromatic nitrogens is 3. The molecule has 0 atom stereocenters. The Morgan fingerprint density at radius 1 is 1.33 bits per heavy atom. The van der Waals surface area contributed by atoms with E-state index in [0.29, 0.717) is 0 Å². The quantitative estimate of drug-likeness (QED) is 0.677. The number of ketones is 1. The first-order chi connectivity index (χ1) is 7.00. The highest BCUT2D eigenvalue weighted by molar-refractivity contribution is 5.99. The third kappa shape index (κ3) is 1.56. The summed E-state index contributed by atoms with van der Waals surface area (Å²) in [6, 6.07) is 0. The Balaban J connectivity index is 2.58. The van der Waals surface area contributed by atoms with Crippen molar-refractivity contribution in [3.63, 3.8) is 0 Å². The zero-order valence-electron chi connectivity index (χ0n) is 7.19. The van der Waals surface area contributed by atoms with Gasteiger partial charge in [0.15, 0.2) is 5.65 Å². The number of nitrogens with zero attached hydrogens (tertiary/aromatic N) is 3. The van der Waals surface area contributed by atoms with E-state index >= 15 is 0 Å². The molecule has 2 aromatic heterocycles. The third-order valence-electron chi connectivity index (χ3n) is 1.81. The van der Waals surface area contributed by atoms with E-state index in [-0.39, 0.29) is 5.65 Å². The molecule has 0 aromatic carbocycles. The second-order valence-electron chi connectivity index (χ2n) is 2.77. The molecule has 0 amide bonds. The van der Waals surface area contributed by atoms with Crippen LogP contribution in [0.3, 0.4) is 0 Å². The van der Waals surface area contributed by atoms with E-state index < -0.39 is 17.7 Å². The Morgan fingerprint density at radius 3 is 2.73 bits per heavy atom. The lowest BCUT2D eigenvalue weighted by molar-refractivity contribution is -0.0888. The molecule has 0 radical (unpaired) electrons. The predicted octanol–water partition coefficient (Wildman–Crippen LogP) is 1.47. The predicted molar refractivity (Wildman–Crippen MR) is 43.4 cm³/mol. The average Bonchev–Trinajstić information content (AvgIpc) is 2.58. The molecule has 0 fully saturated rings. The van der Waals surface area contributed by atoms with E-state index in [9.17, 15) is 18.0 Å². The molecule has 0 N–H and O–H groups in total. The van der Waals surface area contributed by atoms with Gasteiger partial charge in [0.2, 0.25) is 0 Å². The van der Waals surface area contributed by atoms with Gasteiger partial charge in [0.25, 0.3) is 5.78 Å². The Bertz CT molecular complexity index is 517. The minimum absolute atomic E-state index is 0.199. The molecule has 2 heterocycles. The molecular weight excluding hydrogens is 211 g/mol. The molecule has 78 valence electrons. The highest BCUT2D eigenvalue weighted by Gasteiger charge is 2.41. The highest BCUT2D eigenvalue weighted by atomic mass is 19.4. The molecule has 0 aliphatic heterocycles. The van der Waals surface area contributed by atoms with E-state index in [1.54, 1.807) is 0 Å². The molecule has 0 aliphatic carbocycles. The van der Waals surface area contributed by atoms with E-state index in [2.05, 4.69) is 9.97 Å². The van der Waals surface area contributed by atoms with E-state index in [4.69, 9.17) is 0 Å². The molecule has 7 heteroatoms. The molecule has 2 rings (SSSR count). The third-order valence-corrected chi connectivity index (χ3v) is 1.81. The van der Waals surface area contributed by atoms with Crippen LogP contribution in [0.25, 0.3) is 5.65 Å². The molecule has 4 nitrogen and oxygen atoms in total. The molecule has 0 aliphatic rings. The summed E-state index contributed by atoms with van der Waals surface area (Å²) in [4.78, 5) is 18.2. The first kappa shape index (κ1) is 9.63. The lowest BCUT2D eigenvalue weighted by Gasteiger charge is -2.03. The molecule has 15 heavy (non-hydrogen) atoms. The van der Waals surface area contributed by atoms with Gasteiger partial charge in [-0.3, -0.25) is 14.2 Å². The van der Waals surface area contributed by atoms with Crippen molar-refractivity contribution in [2.24, 2.45) is 0 Å². The van der Waals surface area contributed by atoms with Crippen molar-refractivity contribution in [2.75, 3.05) is 0 Å². The summed E-state index contributed by atoms with van der Waals surface area (Å²) in [5, 5.41) is 0. The fourth-order valence-corrected chi connectivity index (χ4v) is 1.16.